The van der Waals surface area contributed by atoms with Crippen LogP contribution in [0.25, 0.3) is 11.0 Å². The largest absolute Gasteiger partial charge is 0.503 e. The summed E-state index contributed by atoms with van der Waals surface area (Å²) in [5.41, 5.74) is -0.275. The first-order valence-electron chi connectivity index (χ1n) is 8.19. The summed E-state index contributed by atoms with van der Waals surface area (Å²) in [5, 5.41) is 12.6. The Hall–Kier alpha value is -3.55. The number of benzene rings is 1. The van der Waals surface area contributed by atoms with Crippen molar-refractivity contribution in [3.05, 3.63) is 68.4 Å². The molecule has 0 aliphatic heterocycles. The van der Waals surface area contributed by atoms with E-state index in [1.807, 2.05) is 0 Å². The molecule has 0 bridgehead atoms. The third kappa shape index (κ3) is 3.55. The molecule has 0 aliphatic carbocycles. The van der Waals surface area contributed by atoms with Crippen LogP contribution < -0.4 is 20.9 Å². The number of aromatic hydroxyl groups is 1. The van der Waals surface area contributed by atoms with Crippen molar-refractivity contribution >= 4 is 16.9 Å². The number of nitrogens with zero attached hydrogens (tertiary/aromatic N) is 1. The molecule has 0 fully saturated rings. The van der Waals surface area contributed by atoms with E-state index in [-0.39, 0.29) is 23.2 Å². The second-order valence-electron chi connectivity index (χ2n) is 5.90. The van der Waals surface area contributed by atoms with Gasteiger partial charge >= 0.3 is 0 Å². The van der Waals surface area contributed by atoms with Gasteiger partial charge in [0.15, 0.2) is 5.75 Å². The van der Waals surface area contributed by atoms with Crippen LogP contribution in [0.4, 0.5) is 0 Å². The van der Waals surface area contributed by atoms with Crippen LogP contribution in [0.1, 0.15) is 16.1 Å². The fourth-order valence-electron chi connectivity index (χ4n) is 2.68. The Bertz CT molecular complexity index is 1130. The molecule has 0 unspecified atom stereocenters. The van der Waals surface area contributed by atoms with Crippen molar-refractivity contribution in [2.45, 2.75) is 13.5 Å². The van der Waals surface area contributed by atoms with Crippen molar-refractivity contribution in [3.8, 4) is 11.5 Å². The van der Waals surface area contributed by atoms with Gasteiger partial charge in [0.05, 0.1) is 18.2 Å². The number of hydrogen-bond donors (Lipinski definition) is 2. The topological polar surface area (TPSA) is 111 Å². The standard InChI is InChI=1S/C19H18N2O6/c1-11-17(23)15(22)5-7-21(11)8-6-20-19(25)14-10-27-16-4-3-12(26-2)9-13(16)18(14)24/h3-5,7,9-10,23H,6,8H2,1-2H3,(H,20,25). The maximum absolute atomic E-state index is 12.6. The van der Waals surface area contributed by atoms with E-state index in [1.54, 1.807) is 23.6 Å². The molecule has 140 valence electrons. The number of aromatic nitrogens is 1. The predicted molar refractivity (Wildman–Crippen MR) is 98.5 cm³/mol. The maximum Gasteiger partial charge on any atom is 0.258 e. The number of fused-ring (bicyclic) bond motifs is 1. The van der Waals surface area contributed by atoms with Crippen LogP contribution in [0.5, 0.6) is 11.5 Å². The van der Waals surface area contributed by atoms with Crippen LogP contribution in [-0.4, -0.2) is 29.2 Å². The summed E-state index contributed by atoms with van der Waals surface area (Å²) >= 11 is 0. The molecule has 8 nitrogen and oxygen atoms in total. The number of carbonyl (C=O) groups excluding carboxylic acids is 1. The average molecular weight is 370 g/mol. The van der Waals surface area contributed by atoms with Crippen molar-refractivity contribution in [2.24, 2.45) is 0 Å². The number of rotatable bonds is 5. The second kappa shape index (κ2) is 7.36. The van der Waals surface area contributed by atoms with Crippen molar-refractivity contribution in [3.63, 3.8) is 0 Å². The second-order valence-corrected chi connectivity index (χ2v) is 5.90. The predicted octanol–water partition coefficient (Wildman–Crippen LogP) is 1.41. The molecule has 0 saturated carbocycles. The first-order valence-corrected chi connectivity index (χ1v) is 8.19. The maximum atomic E-state index is 12.6. The highest BCUT2D eigenvalue weighted by Gasteiger charge is 2.15. The quantitative estimate of drug-likeness (QED) is 0.702. The summed E-state index contributed by atoms with van der Waals surface area (Å²) in [5.74, 6) is -0.412. The van der Waals surface area contributed by atoms with Gasteiger partial charge in [-0.15, -0.1) is 0 Å². The van der Waals surface area contributed by atoms with Gasteiger partial charge in [-0.1, -0.05) is 0 Å². The normalized spacial score (nSPS) is 10.7. The summed E-state index contributed by atoms with van der Waals surface area (Å²) in [7, 11) is 1.48. The number of carbonyl (C=O) groups is 1. The van der Waals surface area contributed by atoms with Gasteiger partial charge in [-0.3, -0.25) is 14.4 Å². The van der Waals surface area contributed by atoms with Gasteiger partial charge in [-0.25, -0.2) is 0 Å². The van der Waals surface area contributed by atoms with Gasteiger partial charge in [-0.05, 0) is 25.1 Å². The molecule has 27 heavy (non-hydrogen) atoms. The fourth-order valence-corrected chi connectivity index (χ4v) is 2.68. The summed E-state index contributed by atoms with van der Waals surface area (Å²) in [6.07, 6.45) is 2.66. The molecule has 8 heteroatoms. The molecule has 0 atom stereocenters. The molecule has 3 aromatic rings. The number of methoxy groups -OCH3 is 1. The first kappa shape index (κ1) is 18.2. The average Bonchev–Trinajstić information content (AvgIpc) is 2.68. The Morgan fingerprint density at radius 3 is 2.81 bits per heavy atom. The van der Waals surface area contributed by atoms with Gasteiger partial charge in [0.2, 0.25) is 10.9 Å². The zero-order valence-corrected chi connectivity index (χ0v) is 14.8. The monoisotopic (exact) mass is 370 g/mol. The Labute approximate surface area is 153 Å². The van der Waals surface area contributed by atoms with Crippen LogP contribution in [0.15, 0.2) is 50.7 Å². The van der Waals surface area contributed by atoms with Crippen molar-refractivity contribution in [1.82, 2.24) is 9.88 Å². The van der Waals surface area contributed by atoms with E-state index in [9.17, 15) is 19.5 Å². The van der Waals surface area contributed by atoms with Crippen LogP contribution >= 0.6 is 0 Å². The van der Waals surface area contributed by atoms with E-state index in [0.29, 0.717) is 23.6 Å². The van der Waals surface area contributed by atoms with E-state index >= 15 is 0 Å². The minimum atomic E-state index is -0.573. The molecule has 0 radical (unpaired) electrons. The first-order chi connectivity index (χ1) is 12.9. The van der Waals surface area contributed by atoms with Gasteiger partial charge in [-0.2, -0.15) is 0 Å². The highest BCUT2D eigenvalue weighted by atomic mass is 16.5. The summed E-state index contributed by atoms with van der Waals surface area (Å²) in [6, 6.07) is 6.02. The lowest BCUT2D eigenvalue weighted by Gasteiger charge is -2.12. The van der Waals surface area contributed by atoms with E-state index in [1.165, 1.54) is 25.4 Å². The van der Waals surface area contributed by atoms with Crippen LogP contribution in [0.3, 0.4) is 0 Å². The molecule has 0 saturated heterocycles. The smallest absolute Gasteiger partial charge is 0.258 e. The molecule has 1 amide bonds. The van der Waals surface area contributed by atoms with E-state index in [0.717, 1.165) is 6.26 Å². The third-order valence-electron chi connectivity index (χ3n) is 4.28. The summed E-state index contributed by atoms with van der Waals surface area (Å²) in [6.45, 7) is 2.11. The van der Waals surface area contributed by atoms with Crippen LogP contribution in [0.2, 0.25) is 0 Å². The molecule has 2 heterocycles. The molecule has 3 rings (SSSR count). The Kier molecular flexibility index (Phi) is 4.98. The van der Waals surface area contributed by atoms with Gasteiger partial charge in [0, 0.05) is 25.4 Å². The van der Waals surface area contributed by atoms with Crippen molar-refractivity contribution in [1.29, 1.82) is 0 Å². The van der Waals surface area contributed by atoms with Gasteiger partial charge in [0.25, 0.3) is 5.91 Å². The van der Waals surface area contributed by atoms with E-state index < -0.39 is 16.8 Å². The number of nitrogens with one attached hydrogen (secondary N) is 1. The van der Waals surface area contributed by atoms with E-state index in [4.69, 9.17) is 9.15 Å². The SMILES string of the molecule is COc1ccc2occ(C(=O)NCCn3ccc(=O)c(O)c3C)c(=O)c2c1. The molecule has 0 aliphatic rings. The fraction of sp³-hybridized carbons (Fsp3) is 0.211. The van der Waals surface area contributed by atoms with Crippen LogP contribution in [0, 0.1) is 6.92 Å². The Morgan fingerprint density at radius 1 is 1.30 bits per heavy atom. The summed E-state index contributed by atoms with van der Waals surface area (Å²) in [4.78, 5) is 36.3. The van der Waals surface area contributed by atoms with Crippen molar-refractivity contribution in [2.75, 3.05) is 13.7 Å². The summed E-state index contributed by atoms with van der Waals surface area (Å²) < 4.78 is 12.1. The molecular weight excluding hydrogens is 352 g/mol. The molecule has 0 spiro atoms. The molecule has 2 N–H and O–H groups in total. The highest BCUT2D eigenvalue weighted by Crippen LogP contribution is 2.18. The number of amides is 1. The zero-order valence-electron chi connectivity index (χ0n) is 14.8. The minimum Gasteiger partial charge on any atom is -0.503 e. The number of pyridine rings is 1. The Morgan fingerprint density at radius 2 is 2.07 bits per heavy atom. The van der Waals surface area contributed by atoms with Gasteiger partial charge < -0.3 is 24.1 Å². The van der Waals surface area contributed by atoms with Gasteiger partial charge in [0.1, 0.15) is 23.2 Å². The van der Waals surface area contributed by atoms with E-state index in [2.05, 4.69) is 5.32 Å². The molecular formula is C19H18N2O6. The lowest BCUT2D eigenvalue weighted by atomic mass is 10.1. The highest BCUT2D eigenvalue weighted by molar-refractivity contribution is 5.96. The Balaban J connectivity index is 1.77. The number of hydrogen-bond acceptors (Lipinski definition) is 6. The lowest BCUT2D eigenvalue weighted by Crippen LogP contribution is -2.31. The zero-order chi connectivity index (χ0) is 19.6. The van der Waals surface area contributed by atoms with Crippen LogP contribution in [-0.2, 0) is 6.54 Å². The minimum absolute atomic E-state index is 0.116. The third-order valence-corrected chi connectivity index (χ3v) is 4.28. The van der Waals surface area contributed by atoms with Crippen molar-refractivity contribution < 1.29 is 19.1 Å². The number of ether oxygens (including phenoxy) is 1. The molecule has 2 aromatic heterocycles. The lowest BCUT2D eigenvalue weighted by molar-refractivity contribution is 0.0949. The molecule has 1 aromatic carbocycles.